The molecule has 140 valence electrons. The number of anilines is 2. The molecule has 1 aliphatic rings. The standard InChI is InChI=1S/C26H26N2/c1-19-9-13-21(14-10-19)28(22-15-11-20(2)12-16-22)18-17-25-26(3,4)23-7-5-6-8-24(23)27-25/h5-18H,1-4H3. The summed E-state index contributed by atoms with van der Waals surface area (Å²) in [6.07, 6.45) is 4.29. The molecule has 0 aromatic heterocycles. The predicted molar refractivity (Wildman–Crippen MR) is 120 cm³/mol. The predicted octanol–water partition coefficient (Wildman–Crippen LogP) is 7.02. The van der Waals surface area contributed by atoms with Crippen LogP contribution in [0.2, 0.25) is 0 Å². The highest BCUT2D eigenvalue weighted by Crippen LogP contribution is 2.40. The highest BCUT2D eigenvalue weighted by Gasteiger charge is 2.33. The molecule has 1 heterocycles. The van der Waals surface area contributed by atoms with Crippen LogP contribution in [0.15, 0.2) is 90.1 Å². The van der Waals surface area contributed by atoms with Crippen LogP contribution in [0.25, 0.3) is 0 Å². The number of hydrogen-bond acceptors (Lipinski definition) is 2. The molecule has 0 N–H and O–H groups in total. The molecule has 0 bridgehead atoms. The largest absolute Gasteiger partial charge is 0.317 e. The van der Waals surface area contributed by atoms with E-state index in [1.807, 2.05) is 0 Å². The van der Waals surface area contributed by atoms with Gasteiger partial charge in [-0.25, -0.2) is 0 Å². The normalized spacial score (nSPS) is 14.8. The fraction of sp³-hybridized carbons (Fsp3) is 0.192. The summed E-state index contributed by atoms with van der Waals surface area (Å²) in [6.45, 7) is 8.71. The van der Waals surface area contributed by atoms with Gasteiger partial charge in [-0.1, -0.05) is 67.4 Å². The molecule has 3 aromatic carbocycles. The Labute approximate surface area is 167 Å². The molecule has 0 fully saturated rings. The lowest BCUT2D eigenvalue weighted by Crippen LogP contribution is -2.24. The van der Waals surface area contributed by atoms with Crippen molar-refractivity contribution in [2.75, 3.05) is 4.90 Å². The first-order valence-electron chi connectivity index (χ1n) is 9.74. The molecule has 0 spiro atoms. The number of para-hydroxylation sites is 1. The monoisotopic (exact) mass is 366 g/mol. The smallest absolute Gasteiger partial charge is 0.0674 e. The van der Waals surface area contributed by atoms with E-state index in [4.69, 9.17) is 4.99 Å². The molecule has 0 saturated carbocycles. The molecular formula is C26H26N2. The number of aryl methyl sites for hydroxylation is 2. The van der Waals surface area contributed by atoms with Crippen LogP contribution in [0.4, 0.5) is 17.1 Å². The van der Waals surface area contributed by atoms with Crippen molar-refractivity contribution < 1.29 is 0 Å². The minimum Gasteiger partial charge on any atom is -0.317 e. The van der Waals surface area contributed by atoms with Crippen molar-refractivity contribution in [1.29, 1.82) is 0 Å². The maximum absolute atomic E-state index is 4.90. The van der Waals surface area contributed by atoms with Crippen molar-refractivity contribution in [2.24, 2.45) is 4.99 Å². The summed E-state index contributed by atoms with van der Waals surface area (Å²) in [7, 11) is 0. The maximum atomic E-state index is 4.90. The van der Waals surface area contributed by atoms with Crippen molar-refractivity contribution in [3.63, 3.8) is 0 Å². The van der Waals surface area contributed by atoms with E-state index in [1.54, 1.807) is 0 Å². The Morgan fingerprint density at radius 1 is 0.750 bits per heavy atom. The Hall–Kier alpha value is -3.13. The highest BCUT2D eigenvalue weighted by molar-refractivity contribution is 6.08. The quantitative estimate of drug-likeness (QED) is 0.484. The Balaban J connectivity index is 1.72. The van der Waals surface area contributed by atoms with Gasteiger partial charge in [0.05, 0.1) is 11.4 Å². The molecule has 4 rings (SSSR count). The van der Waals surface area contributed by atoms with Crippen LogP contribution in [-0.2, 0) is 5.41 Å². The van der Waals surface area contributed by atoms with Crippen LogP contribution < -0.4 is 4.90 Å². The van der Waals surface area contributed by atoms with Crippen molar-refractivity contribution >= 4 is 22.8 Å². The molecule has 0 aliphatic carbocycles. The van der Waals surface area contributed by atoms with E-state index in [2.05, 4.69) is 118 Å². The lowest BCUT2D eigenvalue weighted by Gasteiger charge is -2.23. The second-order valence-electron chi connectivity index (χ2n) is 8.00. The topological polar surface area (TPSA) is 15.6 Å². The molecular weight excluding hydrogens is 340 g/mol. The third-order valence-electron chi connectivity index (χ3n) is 5.46. The first-order chi connectivity index (χ1) is 13.4. The summed E-state index contributed by atoms with van der Waals surface area (Å²) in [6, 6.07) is 25.7. The molecule has 0 radical (unpaired) electrons. The lowest BCUT2D eigenvalue weighted by atomic mass is 9.81. The van der Waals surface area contributed by atoms with Gasteiger partial charge in [0.15, 0.2) is 0 Å². The fourth-order valence-electron chi connectivity index (χ4n) is 3.63. The average molecular weight is 367 g/mol. The molecule has 2 nitrogen and oxygen atoms in total. The average Bonchev–Trinajstić information content (AvgIpc) is 2.95. The number of fused-ring (bicyclic) bond motifs is 1. The van der Waals surface area contributed by atoms with Crippen LogP contribution in [0, 0.1) is 13.8 Å². The molecule has 0 saturated heterocycles. The van der Waals surface area contributed by atoms with Crippen molar-refractivity contribution in [2.45, 2.75) is 33.1 Å². The number of aliphatic imine (C=N–C) groups is 1. The van der Waals surface area contributed by atoms with Crippen molar-refractivity contribution in [3.8, 4) is 0 Å². The van der Waals surface area contributed by atoms with Gasteiger partial charge in [0.2, 0.25) is 0 Å². The molecule has 0 atom stereocenters. The molecule has 2 heteroatoms. The fourth-order valence-corrected chi connectivity index (χ4v) is 3.63. The number of rotatable bonds is 4. The third kappa shape index (κ3) is 3.38. The van der Waals surface area contributed by atoms with Crippen LogP contribution in [0.1, 0.15) is 30.5 Å². The second kappa shape index (κ2) is 7.12. The summed E-state index contributed by atoms with van der Waals surface area (Å²) >= 11 is 0. The van der Waals surface area contributed by atoms with E-state index in [1.165, 1.54) is 16.7 Å². The van der Waals surface area contributed by atoms with E-state index in [0.29, 0.717) is 0 Å². The Bertz CT molecular complexity index is 993. The van der Waals surface area contributed by atoms with Crippen molar-refractivity contribution in [3.05, 3.63) is 102 Å². The minimum absolute atomic E-state index is 0.0979. The summed E-state index contributed by atoms with van der Waals surface area (Å²) in [5, 5.41) is 0. The number of benzene rings is 3. The number of nitrogens with zero attached hydrogens (tertiary/aromatic N) is 2. The molecule has 0 amide bonds. The van der Waals surface area contributed by atoms with E-state index >= 15 is 0 Å². The van der Waals surface area contributed by atoms with E-state index in [9.17, 15) is 0 Å². The summed E-state index contributed by atoms with van der Waals surface area (Å²) in [4.78, 5) is 7.12. The minimum atomic E-state index is -0.0979. The van der Waals surface area contributed by atoms with Gasteiger partial charge in [-0.15, -0.1) is 0 Å². The zero-order valence-corrected chi connectivity index (χ0v) is 17.0. The summed E-state index contributed by atoms with van der Waals surface area (Å²) < 4.78 is 0. The molecule has 3 aromatic rings. The van der Waals surface area contributed by atoms with Gasteiger partial charge >= 0.3 is 0 Å². The summed E-state index contributed by atoms with van der Waals surface area (Å²) in [5.41, 5.74) is 8.13. The zero-order valence-electron chi connectivity index (χ0n) is 17.0. The highest BCUT2D eigenvalue weighted by atomic mass is 15.1. The SMILES string of the molecule is Cc1ccc(N(C=CC2=Nc3ccccc3C2(C)C)c2ccc(C)cc2)cc1. The first kappa shape index (κ1) is 18.2. The zero-order chi connectivity index (χ0) is 19.7. The molecule has 1 aliphatic heterocycles. The van der Waals surface area contributed by atoms with Crippen LogP contribution >= 0.6 is 0 Å². The van der Waals surface area contributed by atoms with Gasteiger partial charge in [0.1, 0.15) is 0 Å². The number of allylic oxidation sites excluding steroid dienone is 1. The van der Waals surface area contributed by atoms with E-state index < -0.39 is 0 Å². The van der Waals surface area contributed by atoms with Crippen molar-refractivity contribution in [1.82, 2.24) is 0 Å². The van der Waals surface area contributed by atoms with Gasteiger partial charge in [-0.3, -0.25) is 4.99 Å². The van der Waals surface area contributed by atoms with Crippen LogP contribution in [0.3, 0.4) is 0 Å². The third-order valence-corrected chi connectivity index (χ3v) is 5.46. The number of hydrogen-bond donors (Lipinski definition) is 0. The van der Waals surface area contributed by atoms with Gasteiger partial charge in [0, 0.05) is 23.0 Å². The van der Waals surface area contributed by atoms with Crippen LogP contribution in [0.5, 0.6) is 0 Å². The van der Waals surface area contributed by atoms with Gasteiger partial charge < -0.3 is 4.90 Å². The Morgan fingerprint density at radius 2 is 1.29 bits per heavy atom. The van der Waals surface area contributed by atoms with Crippen LogP contribution in [-0.4, -0.2) is 5.71 Å². The Kier molecular flexibility index (Phi) is 4.64. The maximum Gasteiger partial charge on any atom is 0.0674 e. The first-order valence-corrected chi connectivity index (χ1v) is 9.74. The van der Waals surface area contributed by atoms with Gasteiger partial charge in [0.25, 0.3) is 0 Å². The molecule has 28 heavy (non-hydrogen) atoms. The molecule has 0 unspecified atom stereocenters. The Morgan fingerprint density at radius 3 is 1.82 bits per heavy atom. The van der Waals surface area contributed by atoms with E-state index in [0.717, 1.165) is 22.8 Å². The van der Waals surface area contributed by atoms with Gasteiger partial charge in [-0.2, -0.15) is 0 Å². The summed E-state index contributed by atoms with van der Waals surface area (Å²) in [5.74, 6) is 0. The van der Waals surface area contributed by atoms with Gasteiger partial charge in [-0.05, 0) is 55.8 Å². The lowest BCUT2D eigenvalue weighted by molar-refractivity contribution is 0.740. The second-order valence-corrected chi connectivity index (χ2v) is 8.00. The van der Waals surface area contributed by atoms with E-state index in [-0.39, 0.29) is 5.41 Å².